The third-order valence-corrected chi connectivity index (χ3v) is 4.23. The molecule has 0 amide bonds. The lowest BCUT2D eigenvalue weighted by Gasteiger charge is -2.09. The van der Waals surface area contributed by atoms with E-state index < -0.39 is 4.92 Å². The van der Waals surface area contributed by atoms with Gasteiger partial charge < -0.3 is 9.30 Å². The minimum atomic E-state index is -0.429. The molecule has 1 aromatic heterocycles. The van der Waals surface area contributed by atoms with Crippen LogP contribution in [0, 0.1) is 24.0 Å². The highest BCUT2D eigenvalue weighted by Crippen LogP contribution is 2.33. The van der Waals surface area contributed by atoms with Gasteiger partial charge in [0.2, 0.25) is 0 Å². The van der Waals surface area contributed by atoms with Crippen LogP contribution < -0.4 is 10.2 Å². The van der Waals surface area contributed by atoms with E-state index in [1.54, 1.807) is 24.3 Å². The fourth-order valence-corrected chi connectivity index (χ4v) is 3.24. The number of aryl methyl sites for hydroxylation is 2. The minimum absolute atomic E-state index is 0.00647. The maximum atomic E-state index is 12.6. The van der Waals surface area contributed by atoms with Gasteiger partial charge in [0.05, 0.1) is 22.6 Å². The topological polar surface area (TPSA) is 74.4 Å². The van der Waals surface area contributed by atoms with Gasteiger partial charge in [0.15, 0.2) is 5.43 Å². The van der Waals surface area contributed by atoms with Crippen LogP contribution in [-0.4, -0.2) is 16.1 Å². The van der Waals surface area contributed by atoms with Crippen LogP contribution in [0.25, 0.3) is 16.5 Å². The number of fused-ring (bicyclic) bond motifs is 1. The Kier molecular flexibility index (Phi) is 4.27. The molecule has 0 radical (unpaired) electrons. The van der Waals surface area contributed by atoms with E-state index in [0.29, 0.717) is 23.4 Å². The molecule has 0 saturated heterocycles. The van der Waals surface area contributed by atoms with Crippen LogP contribution in [0.5, 0.6) is 5.75 Å². The van der Waals surface area contributed by atoms with Crippen molar-refractivity contribution in [3.8, 4) is 11.4 Å². The van der Waals surface area contributed by atoms with Crippen molar-refractivity contribution in [2.75, 3.05) is 6.61 Å². The lowest BCUT2D eigenvalue weighted by Crippen LogP contribution is -2.01. The predicted molar refractivity (Wildman–Crippen MR) is 96.8 cm³/mol. The summed E-state index contributed by atoms with van der Waals surface area (Å²) >= 11 is 0. The SMILES string of the molecule is CCOc1cccc(=O)c2c(C)n(-c3cccc([N+](=O)[O-])c3)c(C)c12. The second kappa shape index (κ2) is 6.39. The van der Waals surface area contributed by atoms with E-state index in [1.165, 1.54) is 18.2 Å². The molecule has 6 heteroatoms. The van der Waals surface area contributed by atoms with Crippen LogP contribution in [0.1, 0.15) is 18.3 Å². The van der Waals surface area contributed by atoms with Gasteiger partial charge in [-0.15, -0.1) is 0 Å². The first-order valence-electron chi connectivity index (χ1n) is 7.98. The van der Waals surface area contributed by atoms with Crippen molar-refractivity contribution in [1.82, 2.24) is 4.57 Å². The molecule has 0 aliphatic rings. The lowest BCUT2D eigenvalue weighted by atomic mass is 10.2. The van der Waals surface area contributed by atoms with E-state index >= 15 is 0 Å². The number of ether oxygens (including phenoxy) is 1. The number of nitro benzene ring substituents is 1. The zero-order chi connectivity index (χ0) is 18.1. The molecule has 2 aromatic carbocycles. The molecule has 0 saturated carbocycles. The average molecular weight is 338 g/mol. The maximum absolute atomic E-state index is 12.6. The van der Waals surface area contributed by atoms with E-state index in [0.717, 1.165) is 16.8 Å². The fourth-order valence-electron chi connectivity index (χ4n) is 3.24. The van der Waals surface area contributed by atoms with Crippen molar-refractivity contribution in [2.24, 2.45) is 0 Å². The first-order chi connectivity index (χ1) is 12.0. The molecule has 25 heavy (non-hydrogen) atoms. The van der Waals surface area contributed by atoms with Gasteiger partial charge in [0.1, 0.15) is 5.75 Å². The second-order valence-corrected chi connectivity index (χ2v) is 5.72. The summed E-state index contributed by atoms with van der Waals surface area (Å²) in [5, 5.41) is 12.4. The maximum Gasteiger partial charge on any atom is 0.271 e. The number of benzene rings is 1. The Morgan fingerprint density at radius 2 is 1.76 bits per heavy atom. The van der Waals surface area contributed by atoms with Crippen LogP contribution in [0.2, 0.25) is 0 Å². The molecule has 6 nitrogen and oxygen atoms in total. The number of hydrogen-bond acceptors (Lipinski definition) is 4. The summed E-state index contributed by atoms with van der Waals surface area (Å²) in [6, 6.07) is 11.3. The Bertz CT molecular complexity index is 1040. The molecule has 0 bridgehead atoms. The Balaban J connectivity index is 2.41. The summed E-state index contributed by atoms with van der Waals surface area (Å²) in [4.78, 5) is 23.2. The Morgan fingerprint density at radius 3 is 2.44 bits per heavy atom. The minimum Gasteiger partial charge on any atom is -0.493 e. The Hall–Kier alpha value is -3.15. The van der Waals surface area contributed by atoms with Crippen molar-refractivity contribution in [3.63, 3.8) is 0 Å². The van der Waals surface area contributed by atoms with Gasteiger partial charge in [-0.05, 0) is 39.0 Å². The van der Waals surface area contributed by atoms with E-state index in [-0.39, 0.29) is 11.1 Å². The first kappa shape index (κ1) is 16.7. The molecule has 0 unspecified atom stereocenters. The third-order valence-electron chi connectivity index (χ3n) is 4.23. The number of nitro groups is 1. The molecule has 3 aromatic rings. The quantitative estimate of drug-likeness (QED) is 0.534. The van der Waals surface area contributed by atoms with Gasteiger partial charge in [0, 0.05) is 28.9 Å². The molecular formula is C19H18N2O4. The van der Waals surface area contributed by atoms with Gasteiger partial charge in [0.25, 0.3) is 5.69 Å². The zero-order valence-corrected chi connectivity index (χ0v) is 14.3. The van der Waals surface area contributed by atoms with Crippen LogP contribution >= 0.6 is 0 Å². The largest absolute Gasteiger partial charge is 0.493 e. The number of nitrogens with zero attached hydrogens (tertiary/aromatic N) is 2. The van der Waals surface area contributed by atoms with Gasteiger partial charge in [-0.3, -0.25) is 14.9 Å². The van der Waals surface area contributed by atoms with Crippen molar-refractivity contribution >= 4 is 16.5 Å². The van der Waals surface area contributed by atoms with Crippen molar-refractivity contribution in [2.45, 2.75) is 20.8 Å². The highest BCUT2D eigenvalue weighted by atomic mass is 16.6. The normalized spacial score (nSPS) is 10.8. The van der Waals surface area contributed by atoms with Crippen molar-refractivity contribution in [3.05, 3.63) is 74.2 Å². The van der Waals surface area contributed by atoms with Gasteiger partial charge in [-0.1, -0.05) is 12.1 Å². The number of rotatable bonds is 4. The predicted octanol–water partition coefficient (Wildman–Crippen LogP) is 3.91. The Labute approximate surface area is 144 Å². The molecule has 1 heterocycles. The number of non-ortho nitro benzene ring substituents is 1. The monoisotopic (exact) mass is 338 g/mol. The van der Waals surface area contributed by atoms with Crippen LogP contribution in [-0.2, 0) is 0 Å². The van der Waals surface area contributed by atoms with E-state index in [4.69, 9.17) is 4.74 Å². The lowest BCUT2D eigenvalue weighted by molar-refractivity contribution is -0.384. The summed E-state index contributed by atoms with van der Waals surface area (Å²) in [5.41, 5.74) is 2.09. The molecule has 0 N–H and O–H groups in total. The van der Waals surface area contributed by atoms with Crippen molar-refractivity contribution < 1.29 is 9.66 Å². The van der Waals surface area contributed by atoms with Gasteiger partial charge in [-0.25, -0.2) is 0 Å². The standard InChI is InChI=1S/C19H18N2O4/c1-4-25-17-10-6-9-16(22)18-12(2)20(13(3)19(17)18)14-7-5-8-15(11-14)21(23)24/h5-11H,4H2,1-3H3. The van der Waals surface area contributed by atoms with Gasteiger partial charge >= 0.3 is 0 Å². The second-order valence-electron chi connectivity index (χ2n) is 5.72. The Morgan fingerprint density at radius 1 is 1.08 bits per heavy atom. The van der Waals surface area contributed by atoms with E-state index in [2.05, 4.69) is 0 Å². The first-order valence-corrected chi connectivity index (χ1v) is 7.98. The molecule has 0 aliphatic heterocycles. The smallest absolute Gasteiger partial charge is 0.271 e. The zero-order valence-electron chi connectivity index (χ0n) is 14.3. The van der Waals surface area contributed by atoms with Gasteiger partial charge in [-0.2, -0.15) is 0 Å². The summed E-state index contributed by atoms with van der Waals surface area (Å²) in [5.74, 6) is 0.629. The van der Waals surface area contributed by atoms with E-state index in [9.17, 15) is 14.9 Å². The third kappa shape index (κ3) is 2.76. The highest BCUT2D eigenvalue weighted by Gasteiger charge is 2.19. The van der Waals surface area contributed by atoms with Crippen LogP contribution in [0.15, 0.2) is 47.3 Å². The summed E-state index contributed by atoms with van der Waals surface area (Å²) in [6.07, 6.45) is 0. The fraction of sp³-hybridized carbons (Fsp3) is 0.211. The summed E-state index contributed by atoms with van der Waals surface area (Å²) in [7, 11) is 0. The number of aromatic nitrogens is 1. The molecule has 0 fully saturated rings. The highest BCUT2D eigenvalue weighted by molar-refractivity contribution is 5.93. The molecule has 0 aliphatic carbocycles. The van der Waals surface area contributed by atoms with Crippen molar-refractivity contribution in [1.29, 1.82) is 0 Å². The average Bonchev–Trinajstić information content (AvgIpc) is 2.73. The molecule has 0 atom stereocenters. The molecule has 3 rings (SSSR count). The summed E-state index contributed by atoms with van der Waals surface area (Å²) in [6.45, 7) is 6.09. The van der Waals surface area contributed by atoms with Crippen LogP contribution in [0.4, 0.5) is 5.69 Å². The van der Waals surface area contributed by atoms with Crippen LogP contribution in [0.3, 0.4) is 0 Å². The van der Waals surface area contributed by atoms with E-state index in [1.807, 2.05) is 25.3 Å². The molecular weight excluding hydrogens is 320 g/mol. The molecule has 0 spiro atoms. The summed E-state index contributed by atoms with van der Waals surface area (Å²) < 4.78 is 7.58. The number of hydrogen-bond donors (Lipinski definition) is 0. The molecule has 128 valence electrons.